The smallest absolute Gasteiger partial charge is 0.317 e. The van der Waals surface area contributed by atoms with E-state index < -0.39 is 0 Å². The van der Waals surface area contributed by atoms with Gasteiger partial charge in [-0.3, -0.25) is 4.90 Å². The van der Waals surface area contributed by atoms with Crippen LogP contribution in [0, 0.1) is 0 Å². The molecule has 0 bridgehead atoms. The molecular formula is C14H19N3OS. The lowest BCUT2D eigenvalue weighted by atomic mass is 10.2. The topological polar surface area (TPSA) is 35.6 Å². The molecule has 1 aromatic carbocycles. The Bertz CT molecular complexity index is 440. The second kappa shape index (κ2) is 5.84. The first-order valence-corrected chi connectivity index (χ1v) is 7.76. The van der Waals surface area contributed by atoms with Crippen molar-refractivity contribution in [3.8, 4) is 0 Å². The summed E-state index contributed by atoms with van der Waals surface area (Å²) in [7, 11) is 0. The van der Waals surface area contributed by atoms with Gasteiger partial charge >= 0.3 is 6.03 Å². The molecule has 1 atom stereocenters. The average Bonchev–Trinajstić information content (AvgIpc) is 2.81. The van der Waals surface area contributed by atoms with Crippen LogP contribution in [0.5, 0.6) is 0 Å². The number of urea groups is 1. The molecular weight excluding hydrogens is 258 g/mol. The Morgan fingerprint density at radius 3 is 2.95 bits per heavy atom. The molecule has 1 unspecified atom stereocenters. The Morgan fingerprint density at radius 1 is 1.26 bits per heavy atom. The van der Waals surface area contributed by atoms with Gasteiger partial charge in [0.2, 0.25) is 0 Å². The second-order valence-corrected chi connectivity index (χ2v) is 6.16. The standard InChI is InChI=1S/C14H19N3OS/c18-14-15-10-12-11-16(6-7-17(12)14)8-9-19-13-4-2-1-3-5-13/h1-5,12H,6-11H2,(H,15,18). The molecule has 1 N–H and O–H groups in total. The molecule has 0 radical (unpaired) electrons. The van der Waals surface area contributed by atoms with Crippen molar-refractivity contribution in [3.05, 3.63) is 30.3 Å². The third-order valence-electron chi connectivity index (χ3n) is 3.74. The summed E-state index contributed by atoms with van der Waals surface area (Å²) in [4.78, 5) is 17.3. The van der Waals surface area contributed by atoms with E-state index in [1.54, 1.807) is 0 Å². The second-order valence-electron chi connectivity index (χ2n) is 5.00. The maximum atomic E-state index is 11.5. The summed E-state index contributed by atoms with van der Waals surface area (Å²) in [5.74, 6) is 1.11. The summed E-state index contributed by atoms with van der Waals surface area (Å²) in [6, 6.07) is 11.0. The van der Waals surface area contributed by atoms with E-state index in [2.05, 4.69) is 34.5 Å². The van der Waals surface area contributed by atoms with Crippen LogP contribution < -0.4 is 5.32 Å². The Kier molecular flexibility index (Phi) is 3.94. The molecule has 2 aliphatic rings. The molecule has 4 nitrogen and oxygen atoms in total. The van der Waals surface area contributed by atoms with Gasteiger partial charge in [0.25, 0.3) is 0 Å². The lowest BCUT2D eigenvalue weighted by molar-refractivity contribution is 0.126. The minimum Gasteiger partial charge on any atom is -0.336 e. The van der Waals surface area contributed by atoms with Crippen molar-refractivity contribution in [2.24, 2.45) is 0 Å². The number of nitrogens with zero attached hydrogens (tertiary/aromatic N) is 2. The third-order valence-corrected chi connectivity index (χ3v) is 4.73. The van der Waals surface area contributed by atoms with E-state index >= 15 is 0 Å². The van der Waals surface area contributed by atoms with Gasteiger partial charge in [0, 0.05) is 43.4 Å². The van der Waals surface area contributed by atoms with Crippen LogP contribution in [-0.4, -0.2) is 60.3 Å². The van der Waals surface area contributed by atoms with E-state index in [0.717, 1.165) is 38.5 Å². The molecule has 1 aromatic rings. The van der Waals surface area contributed by atoms with E-state index in [0.29, 0.717) is 6.04 Å². The fraction of sp³-hybridized carbons (Fsp3) is 0.500. The van der Waals surface area contributed by atoms with Crippen LogP contribution >= 0.6 is 11.8 Å². The summed E-state index contributed by atoms with van der Waals surface area (Å²) in [5, 5.41) is 2.92. The molecule has 0 spiro atoms. The predicted octanol–water partition coefficient (Wildman–Crippen LogP) is 1.49. The van der Waals surface area contributed by atoms with Crippen LogP contribution in [0.2, 0.25) is 0 Å². The van der Waals surface area contributed by atoms with E-state index in [1.165, 1.54) is 4.90 Å². The third kappa shape index (κ3) is 3.04. The number of rotatable bonds is 4. The van der Waals surface area contributed by atoms with Crippen molar-refractivity contribution in [3.63, 3.8) is 0 Å². The zero-order valence-corrected chi connectivity index (χ0v) is 11.7. The Labute approximate surface area is 118 Å². The fourth-order valence-electron chi connectivity index (χ4n) is 2.68. The Morgan fingerprint density at radius 2 is 2.11 bits per heavy atom. The monoisotopic (exact) mass is 277 g/mol. The Balaban J connectivity index is 1.43. The van der Waals surface area contributed by atoms with Gasteiger partial charge in [-0.1, -0.05) is 18.2 Å². The van der Waals surface area contributed by atoms with Crippen molar-refractivity contribution in [1.29, 1.82) is 0 Å². The minimum atomic E-state index is 0.114. The number of carbonyl (C=O) groups is 1. The highest BCUT2D eigenvalue weighted by molar-refractivity contribution is 7.99. The number of nitrogens with one attached hydrogen (secondary N) is 1. The largest absolute Gasteiger partial charge is 0.336 e. The minimum absolute atomic E-state index is 0.114. The van der Waals surface area contributed by atoms with Crippen LogP contribution in [-0.2, 0) is 0 Å². The summed E-state index contributed by atoms with van der Waals surface area (Å²) >= 11 is 1.90. The number of hydrogen-bond acceptors (Lipinski definition) is 3. The number of amides is 2. The maximum absolute atomic E-state index is 11.5. The average molecular weight is 277 g/mol. The van der Waals surface area contributed by atoms with Crippen LogP contribution in [0.3, 0.4) is 0 Å². The van der Waals surface area contributed by atoms with Gasteiger partial charge in [0.1, 0.15) is 0 Å². The lowest BCUT2D eigenvalue weighted by Crippen LogP contribution is -2.52. The molecule has 102 valence electrons. The van der Waals surface area contributed by atoms with Crippen molar-refractivity contribution in [1.82, 2.24) is 15.1 Å². The Hall–Kier alpha value is -1.20. The van der Waals surface area contributed by atoms with E-state index in [9.17, 15) is 4.79 Å². The molecule has 2 heterocycles. The van der Waals surface area contributed by atoms with Crippen molar-refractivity contribution >= 4 is 17.8 Å². The molecule has 0 aromatic heterocycles. The van der Waals surface area contributed by atoms with Gasteiger partial charge in [-0.05, 0) is 12.1 Å². The zero-order chi connectivity index (χ0) is 13.1. The molecule has 2 aliphatic heterocycles. The van der Waals surface area contributed by atoms with E-state index in [-0.39, 0.29) is 6.03 Å². The summed E-state index contributed by atoms with van der Waals surface area (Å²) in [6.07, 6.45) is 0. The maximum Gasteiger partial charge on any atom is 0.317 e. The number of thioether (sulfide) groups is 1. The predicted molar refractivity (Wildman–Crippen MR) is 77.5 cm³/mol. The van der Waals surface area contributed by atoms with Crippen LogP contribution in [0.15, 0.2) is 35.2 Å². The normalized spacial score (nSPS) is 23.3. The van der Waals surface area contributed by atoms with Gasteiger partial charge in [0.05, 0.1) is 6.04 Å². The summed E-state index contributed by atoms with van der Waals surface area (Å²) in [6.45, 7) is 4.78. The molecule has 2 saturated heterocycles. The van der Waals surface area contributed by atoms with Gasteiger partial charge in [-0.25, -0.2) is 4.79 Å². The number of carbonyl (C=O) groups excluding carboxylic acids is 1. The number of piperazine rings is 1. The highest BCUT2D eigenvalue weighted by atomic mass is 32.2. The SMILES string of the molecule is O=C1NCC2CN(CCSc3ccccc3)CCN12. The van der Waals surface area contributed by atoms with Crippen LogP contribution in [0.1, 0.15) is 0 Å². The number of fused-ring (bicyclic) bond motifs is 1. The lowest BCUT2D eigenvalue weighted by Gasteiger charge is -2.36. The van der Waals surface area contributed by atoms with E-state index in [1.807, 2.05) is 22.7 Å². The molecule has 5 heteroatoms. The highest BCUT2D eigenvalue weighted by Crippen LogP contribution is 2.18. The highest BCUT2D eigenvalue weighted by Gasteiger charge is 2.34. The van der Waals surface area contributed by atoms with Crippen LogP contribution in [0.25, 0.3) is 0 Å². The van der Waals surface area contributed by atoms with Crippen LogP contribution in [0.4, 0.5) is 4.79 Å². The van der Waals surface area contributed by atoms with E-state index in [4.69, 9.17) is 0 Å². The first kappa shape index (κ1) is 12.8. The molecule has 0 aliphatic carbocycles. The van der Waals surface area contributed by atoms with Crippen molar-refractivity contribution < 1.29 is 4.79 Å². The van der Waals surface area contributed by atoms with Gasteiger partial charge in [-0.2, -0.15) is 0 Å². The fourth-order valence-corrected chi connectivity index (χ4v) is 3.62. The zero-order valence-electron chi connectivity index (χ0n) is 10.9. The summed E-state index contributed by atoms with van der Waals surface area (Å²) in [5.41, 5.74) is 0. The van der Waals surface area contributed by atoms with Crippen molar-refractivity contribution in [2.75, 3.05) is 38.5 Å². The summed E-state index contributed by atoms with van der Waals surface area (Å²) < 4.78 is 0. The molecule has 0 saturated carbocycles. The van der Waals surface area contributed by atoms with Crippen molar-refractivity contribution in [2.45, 2.75) is 10.9 Å². The number of hydrogen-bond donors (Lipinski definition) is 1. The van der Waals surface area contributed by atoms with Gasteiger partial charge in [0.15, 0.2) is 0 Å². The molecule has 19 heavy (non-hydrogen) atoms. The molecule has 2 amide bonds. The van der Waals surface area contributed by atoms with Gasteiger partial charge < -0.3 is 10.2 Å². The first-order valence-electron chi connectivity index (χ1n) is 6.77. The quantitative estimate of drug-likeness (QED) is 0.847. The molecule has 2 fully saturated rings. The molecule has 3 rings (SSSR count). The first-order chi connectivity index (χ1) is 9.33. The number of benzene rings is 1. The van der Waals surface area contributed by atoms with Gasteiger partial charge in [-0.15, -0.1) is 11.8 Å².